The van der Waals surface area contributed by atoms with E-state index >= 15 is 0 Å². The van der Waals surface area contributed by atoms with Crippen molar-refractivity contribution in [2.24, 2.45) is 0 Å². The lowest BCUT2D eigenvalue weighted by Gasteiger charge is -2.28. The first-order valence-electron chi connectivity index (χ1n) is 8.02. The van der Waals surface area contributed by atoms with Crippen LogP contribution in [0.2, 0.25) is 0 Å². The highest BCUT2D eigenvalue weighted by atomic mass is 16.6. The summed E-state index contributed by atoms with van der Waals surface area (Å²) in [5, 5.41) is 2.97. The van der Waals surface area contributed by atoms with Crippen LogP contribution in [0, 0.1) is 0 Å². The number of nitrogens with zero attached hydrogens (tertiary/aromatic N) is 3. The van der Waals surface area contributed by atoms with Crippen molar-refractivity contribution in [1.29, 1.82) is 0 Å². The van der Waals surface area contributed by atoms with Gasteiger partial charge in [0.2, 0.25) is 5.91 Å². The first-order chi connectivity index (χ1) is 10.8. The Bertz CT molecular complexity index is 536. The van der Waals surface area contributed by atoms with E-state index in [9.17, 15) is 9.59 Å². The molecular weight excluding hydrogens is 296 g/mol. The van der Waals surface area contributed by atoms with Crippen molar-refractivity contribution in [2.75, 3.05) is 6.54 Å². The fourth-order valence-electron chi connectivity index (χ4n) is 2.67. The molecule has 0 saturated carbocycles. The number of imidazole rings is 1. The Kier molecular flexibility index (Phi) is 5.28. The number of hydrogen-bond acceptors (Lipinski definition) is 4. The van der Waals surface area contributed by atoms with Crippen LogP contribution in [0.1, 0.15) is 40.5 Å². The van der Waals surface area contributed by atoms with E-state index in [0.29, 0.717) is 19.5 Å². The molecule has 1 saturated heterocycles. The lowest BCUT2D eigenvalue weighted by atomic mass is 10.2. The third kappa shape index (κ3) is 4.97. The van der Waals surface area contributed by atoms with Crippen LogP contribution in [0.3, 0.4) is 0 Å². The Morgan fingerprint density at radius 3 is 2.78 bits per heavy atom. The van der Waals surface area contributed by atoms with Gasteiger partial charge in [-0.2, -0.15) is 0 Å². The molecule has 0 aliphatic carbocycles. The summed E-state index contributed by atoms with van der Waals surface area (Å²) in [6, 6.07) is -0.493. The summed E-state index contributed by atoms with van der Waals surface area (Å²) in [5.74, 6) is -0.124. The highest BCUT2D eigenvalue weighted by Gasteiger charge is 2.36. The molecular formula is C16H26N4O3. The minimum absolute atomic E-state index is 0.0437. The Labute approximate surface area is 137 Å². The van der Waals surface area contributed by atoms with Gasteiger partial charge in [0.05, 0.1) is 6.33 Å². The number of nitrogens with one attached hydrogen (secondary N) is 1. The van der Waals surface area contributed by atoms with Crippen molar-refractivity contribution in [3.05, 3.63) is 18.7 Å². The van der Waals surface area contributed by atoms with Gasteiger partial charge in [0.15, 0.2) is 0 Å². The van der Waals surface area contributed by atoms with Gasteiger partial charge >= 0.3 is 6.09 Å². The molecule has 128 valence electrons. The Morgan fingerprint density at radius 1 is 1.43 bits per heavy atom. The fraction of sp³-hybridized carbons (Fsp3) is 0.688. The Hall–Kier alpha value is -2.05. The summed E-state index contributed by atoms with van der Waals surface area (Å²) in [7, 11) is 0. The monoisotopic (exact) mass is 322 g/mol. The van der Waals surface area contributed by atoms with Crippen molar-refractivity contribution >= 4 is 12.0 Å². The van der Waals surface area contributed by atoms with Gasteiger partial charge in [-0.25, -0.2) is 9.78 Å². The second-order valence-corrected chi connectivity index (χ2v) is 7.00. The molecule has 23 heavy (non-hydrogen) atoms. The van der Waals surface area contributed by atoms with Crippen LogP contribution in [0.25, 0.3) is 0 Å². The Balaban J connectivity index is 1.91. The van der Waals surface area contributed by atoms with Crippen molar-refractivity contribution in [3.8, 4) is 0 Å². The van der Waals surface area contributed by atoms with E-state index < -0.39 is 17.7 Å². The third-order valence-corrected chi connectivity index (χ3v) is 3.62. The molecule has 1 aliphatic rings. The molecule has 1 aromatic heterocycles. The van der Waals surface area contributed by atoms with E-state index in [2.05, 4.69) is 10.3 Å². The number of ether oxygens (including phenoxy) is 1. The molecule has 7 heteroatoms. The van der Waals surface area contributed by atoms with Crippen LogP contribution in [-0.4, -0.2) is 50.7 Å². The molecule has 1 fully saturated rings. The smallest absolute Gasteiger partial charge is 0.410 e. The van der Waals surface area contributed by atoms with Gasteiger partial charge in [-0.3, -0.25) is 9.69 Å². The number of rotatable bonds is 4. The molecule has 2 amide bonds. The zero-order valence-corrected chi connectivity index (χ0v) is 14.3. The largest absolute Gasteiger partial charge is 0.444 e. The molecule has 0 spiro atoms. The molecule has 0 bridgehead atoms. The maximum absolute atomic E-state index is 12.5. The molecule has 7 nitrogen and oxygen atoms in total. The van der Waals surface area contributed by atoms with Crippen LogP contribution < -0.4 is 5.32 Å². The summed E-state index contributed by atoms with van der Waals surface area (Å²) in [6.45, 7) is 8.61. The van der Waals surface area contributed by atoms with Gasteiger partial charge in [-0.1, -0.05) is 0 Å². The number of amides is 2. The third-order valence-electron chi connectivity index (χ3n) is 3.62. The van der Waals surface area contributed by atoms with E-state index in [0.717, 1.165) is 6.42 Å². The van der Waals surface area contributed by atoms with Gasteiger partial charge < -0.3 is 14.6 Å². The molecule has 0 aromatic carbocycles. The van der Waals surface area contributed by atoms with Crippen LogP contribution in [0.4, 0.5) is 4.79 Å². The highest BCUT2D eigenvalue weighted by Crippen LogP contribution is 2.21. The zero-order valence-electron chi connectivity index (χ0n) is 14.3. The lowest BCUT2D eigenvalue weighted by Crippen LogP contribution is -2.50. The maximum atomic E-state index is 12.5. The number of aromatic nitrogens is 2. The summed E-state index contributed by atoms with van der Waals surface area (Å²) >= 11 is 0. The molecule has 2 rings (SSSR count). The molecule has 1 unspecified atom stereocenters. The minimum atomic E-state index is -0.560. The summed E-state index contributed by atoms with van der Waals surface area (Å²) in [4.78, 5) is 30.2. The van der Waals surface area contributed by atoms with Crippen LogP contribution in [-0.2, 0) is 16.1 Å². The lowest BCUT2D eigenvalue weighted by molar-refractivity contribution is -0.126. The quantitative estimate of drug-likeness (QED) is 0.917. The van der Waals surface area contributed by atoms with Gasteiger partial charge in [0.25, 0.3) is 0 Å². The summed E-state index contributed by atoms with van der Waals surface area (Å²) in [6.07, 6.45) is 6.33. The standard InChI is InChI=1S/C16H26N4O3/c1-12(10-19-9-7-17-11-19)18-14(21)13-6-5-8-20(13)15(22)23-16(2,3)4/h7,9,11-13H,5-6,8,10H2,1-4H3,(H,18,21)/t12?,13-/m0/s1. The highest BCUT2D eigenvalue weighted by molar-refractivity contribution is 5.86. The number of likely N-dealkylation sites (tertiary alicyclic amines) is 1. The Morgan fingerprint density at radius 2 is 2.17 bits per heavy atom. The van der Waals surface area contributed by atoms with Crippen molar-refractivity contribution < 1.29 is 14.3 Å². The van der Waals surface area contributed by atoms with Gasteiger partial charge in [0.1, 0.15) is 11.6 Å². The van der Waals surface area contributed by atoms with E-state index in [-0.39, 0.29) is 11.9 Å². The van der Waals surface area contributed by atoms with E-state index in [1.54, 1.807) is 12.5 Å². The average molecular weight is 322 g/mol. The van der Waals surface area contributed by atoms with E-state index in [4.69, 9.17) is 4.74 Å². The van der Waals surface area contributed by atoms with Gasteiger partial charge in [-0.15, -0.1) is 0 Å². The molecule has 1 aliphatic heterocycles. The predicted octanol–water partition coefficient (Wildman–Crippen LogP) is 1.79. The zero-order chi connectivity index (χ0) is 17.0. The van der Waals surface area contributed by atoms with E-state index in [1.165, 1.54) is 4.90 Å². The first kappa shape index (κ1) is 17.3. The number of carbonyl (C=O) groups excluding carboxylic acids is 2. The summed E-state index contributed by atoms with van der Waals surface area (Å²) < 4.78 is 7.29. The molecule has 2 heterocycles. The summed E-state index contributed by atoms with van der Waals surface area (Å²) in [5.41, 5.74) is -0.560. The SMILES string of the molecule is CC(Cn1ccnc1)NC(=O)[C@@H]1CCCN1C(=O)OC(C)(C)C. The van der Waals surface area contributed by atoms with Crippen LogP contribution in [0.15, 0.2) is 18.7 Å². The normalized spacial score (nSPS) is 19.5. The molecule has 0 radical (unpaired) electrons. The van der Waals surface area contributed by atoms with Crippen LogP contribution >= 0.6 is 0 Å². The minimum Gasteiger partial charge on any atom is -0.444 e. The van der Waals surface area contributed by atoms with Crippen LogP contribution in [0.5, 0.6) is 0 Å². The van der Waals surface area contributed by atoms with Crippen molar-refractivity contribution in [1.82, 2.24) is 19.8 Å². The molecule has 1 N–H and O–H groups in total. The van der Waals surface area contributed by atoms with Crippen molar-refractivity contribution in [3.63, 3.8) is 0 Å². The topological polar surface area (TPSA) is 76.5 Å². The van der Waals surface area contributed by atoms with Gasteiger partial charge in [0, 0.05) is 31.5 Å². The average Bonchev–Trinajstić information content (AvgIpc) is 3.06. The fourth-order valence-corrected chi connectivity index (χ4v) is 2.67. The second kappa shape index (κ2) is 7.02. The first-order valence-corrected chi connectivity index (χ1v) is 8.02. The second-order valence-electron chi connectivity index (χ2n) is 7.00. The molecule has 2 atom stereocenters. The maximum Gasteiger partial charge on any atom is 0.410 e. The number of hydrogen-bond donors (Lipinski definition) is 1. The molecule has 1 aromatic rings. The van der Waals surface area contributed by atoms with Gasteiger partial charge in [-0.05, 0) is 40.5 Å². The van der Waals surface area contributed by atoms with Crippen molar-refractivity contribution in [2.45, 2.75) is 64.8 Å². The number of carbonyl (C=O) groups is 2. The van der Waals surface area contributed by atoms with E-state index in [1.807, 2.05) is 38.5 Å². The predicted molar refractivity (Wildman–Crippen MR) is 85.8 cm³/mol.